The van der Waals surface area contributed by atoms with E-state index in [-0.39, 0.29) is 17.7 Å². The second kappa shape index (κ2) is 9.23. The molecule has 0 aromatic heterocycles. The number of aryl methyl sites for hydroxylation is 2. The van der Waals surface area contributed by atoms with E-state index in [9.17, 15) is 9.59 Å². The number of hydrogen-bond acceptors (Lipinski definition) is 4. The predicted molar refractivity (Wildman–Crippen MR) is 125 cm³/mol. The van der Waals surface area contributed by atoms with Crippen LogP contribution in [0.4, 0.5) is 4.79 Å². The molecule has 0 spiro atoms. The summed E-state index contributed by atoms with van der Waals surface area (Å²) in [7, 11) is 0. The molecule has 2 amide bonds. The number of imide groups is 1. The molecule has 0 N–H and O–H groups in total. The minimum atomic E-state index is -0.253. The van der Waals surface area contributed by atoms with E-state index in [1.807, 2.05) is 67.6 Å². The Morgan fingerprint density at radius 3 is 2.45 bits per heavy atom. The van der Waals surface area contributed by atoms with Crippen LogP contribution in [0.5, 0.6) is 5.75 Å². The average Bonchev–Trinajstić information content (AvgIpc) is 3.02. The summed E-state index contributed by atoms with van der Waals surface area (Å²) in [6.07, 6.45) is 1.76. The maximum absolute atomic E-state index is 12.8. The molecule has 0 radical (unpaired) electrons. The third-order valence-corrected chi connectivity index (χ3v) is 6.04. The standard InChI is InChI=1S/C26H23NO3S/c1-18-6-5-8-21(14-18)16-27-25(28)24(31-26(27)29)15-20-10-12-23(13-11-20)30-17-22-9-4-3-7-19(22)2/h3-15H,16-17H2,1-2H3/b24-15-. The van der Waals surface area contributed by atoms with Gasteiger partial charge in [0.15, 0.2) is 0 Å². The van der Waals surface area contributed by atoms with Gasteiger partial charge < -0.3 is 4.74 Å². The molecular weight excluding hydrogens is 406 g/mol. The fourth-order valence-electron chi connectivity index (χ4n) is 3.37. The first-order valence-corrected chi connectivity index (χ1v) is 10.9. The fraction of sp³-hybridized carbons (Fsp3) is 0.154. The lowest BCUT2D eigenvalue weighted by atomic mass is 10.1. The first kappa shape index (κ1) is 20.9. The molecule has 0 aliphatic carbocycles. The van der Waals surface area contributed by atoms with Crippen LogP contribution in [0.1, 0.15) is 27.8 Å². The highest BCUT2D eigenvalue weighted by molar-refractivity contribution is 8.18. The molecule has 1 heterocycles. The highest BCUT2D eigenvalue weighted by atomic mass is 32.2. The van der Waals surface area contributed by atoms with Crippen molar-refractivity contribution in [3.63, 3.8) is 0 Å². The quantitative estimate of drug-likeness (QED) is 0.443. The Labute approximate surface area is 186 Å². The maximum atomic E-state index is 12.8. The van der Waals surface area contributed by atoms with Crippen LogP contribution in [0.25, 0.3) is 6.08 Å². The molecule has 1 aliphatic rings. The topological polar surface area (TPSA) is 46.6 Å². The van der Waals surface area contributed by atoms with Gasteiger partial charge in [0, 0.05) is 0 Å². The molecule has 1 aliphatic heterocycles. The monoisotopic (exact) mass is 429 g/mol. The van der Waals surface area contributed by atoms with Crippen molar-refractivity contribution in [2.24, 2.45) is 0 Å². The molecule has 31 heavy (non-hydrogen) atoms. The molecule has 4 nitrogen and oxygen atoms in total. The second-order valence-corrected chi connectivity index (χ2v) is 8.53. The van der Waals surface area contributed by atoms with Crippen molar-refractivity contribution in [3.05, 3.63) is 106 Å². The number of ether oxygens (including phenoxy) is 1. The Bertz CT molecular complexity index is 1150. The van der Waals surface area contributed by atoms with Crippen molar-refractivity contribution in [2.45, 2.75) is 27.0 Å². The minimum Gasteiger partial charge on any atom is -0.489 e. The molecule has 4 rings (SSSR count). The van der Waals surface area contributed by atoms with Crippen molar-refractivity contribution < 1.29 is 14.3 Å². The number of hydrogen-bond donors (Lipinski definition) is 0. The number of amides is 2. The van der Waals surface area contributed by atoms with Crippen LogP contribution in [0, 0.1) is 13.8 Å². The highest BCUT2D eigenvalue weighted by Crippen LogP contribution is 2.33. The van der Waals surface area contributed by atoms with Crippen LogP contribution < -0.4 is 4.74 Å². The number of carbonyl (C=O) groups is 2. The third kappa shape index (κ3) is 5.06. The van der Waals surface area contributed by atoms with Crippen LogP contribution in [-0.4, -0.2) is 16.0 Å². The normalized spacial score (nSPS) is 15.0. The molecule has 1 saturated heterocycles. The largest absolute Gasteiger partial charge is 0.489 e. The number of thioether (sulfide) groups is 1. The number of benzene rings is 3. The summed E-state index contributed by atoms with van der Waals surface area (Å²) in [6, 6.07) is 23.5. The number of nitrogens with zero attached hydrogens (tertiary/aromatic N) is 1. The first-order valence-electron chi connectivity index (χ1n) is 10.1. The zero-order chi connectivity index (χ0) is 21.8. The van der Waals surface area contributed by atoms with Gasteiger partial charge >= 0.3 is 0 Å². The van der Waals surface area contributed by atoms with Crippen molar-refractivity contribution in [1.82, 2.24) is 4.90 Å². The number of rotatable bonds is 6. The van der Waals surface area contributed by atoms with Gasteiger partial charge in [-0.3, -0.25) is 14.5 Å². The van der Waals surface area contributed by atoms with E-state index in [2.05, 4.69) is 19.1 Å². The Kier molecular flexibility index (Phi) is 6.23. The highest BCUT2D eigenvalue weighted by Gasteiger charge is 2.34. The van der Waals surface area contributed by atoms with Gasteiger partial charge in [-0.1, -0.05) is 66.2 Å². The van der Waals surface area contributed by atoms with Crippen molar-refractivity contribution in [1.29, 1.82) is 0 Å². The zero-order valence-electron chi connectivity index (χ0n) is 17.5. The summed E-state index contributed by atoms with van der Waals surface area (Å²) >= 11 is 0.981. The molecule has 3 aromatic rings. The van der Waals surface area contributed by atoms with Gasteiger partial charge in [-0.15, -0.1) is 0 Å². The van der Waals surface area contributed by atoms with Crippen LogP contribution in [0.3, 0.4) is 0 Å². The van der Waals surface area contributed by atoms with Crippen molar-refractivity contribution >= 4 is 29.0 Å². The van der Waals surface area contributed by atoms with Crippen LogP contribution >= 0.6 is 11.8 Å². The van der Waals surface area contributed by atoms with E-state index in [0.717, 1.165) is 39.8 Å². The summed E-state index contributed by atoms with van der Waals surface area (Å²) in [5, 5.41) is -0.240. The lowest BCUT2D eigenvalue weighted by Gasteiger charge is -2.12. The summed E-state index contributed by atoms with van der Waals surface area (Å²) < 4.78 is 5.87. The molecular formula is C26H23NO3S. The Morgan fingerprint density at radius 2 is 1.71 bits per heavy atom. The minimum absolute atomic E-state index is 0.240. The Hall–Kier alpha value is -3.31. The molecule has 0 unspecified atom stereocenters. The van der Waals surface area contributed by atoms with Gasteiger partial charge in [0.25, 0.3) is 11.1 Å². The molecule has 0 saturated carbocycles. The predicted octanol–water partition coefficient (Wildman–Crippen LogP) is 6.12. The third-order valence-electron chi connectivity index (χ3n) is 5.13. The van der Waals surface area contributed by atoms with Crippen molar-refractivity contribution in [2.75, 3.05) is 0 Å². The molecule has 3 aromatic carbocycles. The first-order chi connectivity index (χ1) is 15.0. The summed E-state index contributed by atoms with van der Waals surface area (Å²) in [4.78, 5) is 26.9. The molecule has 0 bridgehead atoms. The second-order valence-electron chi connectivity index (χ2n) is 7.54. The molecule has 156 valence electrons. The lowest BCUT2D eigenvalue weighted by Crippen LogP contribution is -2.27. The van der Waals surface area contributed by atoms with E-state index in [1.54, 1.807) is 6.08 Å². The van der Waals surface area contributed by atoms with E-state index < -0.39 is 0 Å². The van der Waals surface area contributed by atoms with Gasteiger partial charge in [-0.2, -0.15) is 0 Å². The molecule has 1 fully saturated rings. The van der Waals surface area contributed by atoms with Crippen LogP contribution in [0.2, 0.25) is 0 Å². The SMILES string of the molecule is Cc1cccc(CN2C(=O)S/C(=C\c3ccc(OCc4ccccc4C)cc3)C2=O)c1. The summed E-state index contributed by atoms with van der Waals surface area (Å²) in [6.45, 7) is 4.85. The summed E-state index contributed by atoms with van der Waals surface area (Å²) in [5.74, 6) is 0.504. The van der Waals surface area contributed by atoms with Gasteiger partial charge in [-0.05, 0) is 66.1 Å². The van der Waals surface area contributed by atoms with E-state index in [4.69, 9.17) is 4.74 Å². The summed E-state index contributed by atoms with van der Waals surface area (Å²) in [5.41, 5.74) is 5.24. The Balaban J connectivity index is 1.42. The number of carbonyl (C=O) groups excluding carboxylic acids is 2. The average molecular weight is 430 g/mol. The molecule has 0 atom stereocenters. The lowest BCUT2D eigenvalue weighted by molar-refractivity contribution is -0.123. The maximum Gasteiger partial charge on any atom is 0.293 e. The van der Waals surface area contributed by atoms with Gasteiger partial charge in [-0.25, -0.2) is 0 Å². The molecule has 5 heteroatoms. The van der Waals surface area contributed by atoms with Gasteiger partial charge in [0.2, 0.25) is 0 Å². The smallest absolute Gasteiger partial charge is 0.293 e. The van der Waals surface area contributed by atoms with E-state index in [0.29, 0.717) is 11.5 Å². The van der Waals surface area contributed by atoms with Crippen molar-refractivity contribution in [3.8, 4) is 5.75 Å². The van der Waals surface area contributed by atoms with E-state index >= 15 is 0 Å². The van der Waals surface area contributed by atoms with Crippen LogP contribution in [-0.2, 0) is 17.9 Å². The van der Waals surface area contributed by atoms with Crippen LogP contribution in [0.15, 0.2) is 77.7 Å². The fourth-order valence-corrected chi connectivity index (χ4v) is 4.21. The Morgan fingerprint density at radius 1 is 0.935 bits per heavy atom. The zero-order valence-corrected chi connectivity index (χ0v) is 18.3. The van der Waals surface area contributed by atoms with Gasteiger partial charge in [0.1, 0.15) is 12.4 Å². The van der Waals surface area contributed by atoms with E-state index in [1.165, 1.54) is 10.5 Å². The van der Waals surface area contributed by atoms with Gasteiger partial charge in [0.05, 0.1) is 11.4 Å².